The summed E-state index contributed by atoms with van der Waals surface area (Å²) in [5.41, 5.74) is 2.67. The van der Waals surface area contributed by atoms with Crippen molar-refractivity contribution in [2.75, 3.05) is 26.2 Å². The molecule has 0 atom stereocenters. The molecule has 0 saturated carbocycles. The molecule has 0 amide bonds. The Hall–Kier alpha value is -1.65. The van der Waals surface area contributed by atoms with Crippen LogP contribution in [0.3, 0.4) is 0 Å². The van der Waals surface area contributed by atoms with Crippen molar-refractivity contribution in [1.29, 1.82) is 0 Å². The molecule has 4 nitrogen and oxygen atoms in total. The number of piperazine rings is 1. The van der Waals surface area contributed by atoms with Crippen LogP contribution < -0.4 is 10.9 Å². The molecule has 2 heterocycles. The summed E-state index contributed by atoms with van der Waals surface area (Å²) >= 11 is 0. The Kier molecular flexibility index (Phi) is 3.36. The van der Waals surface area contributed by atoms with Crippen molar-refractivity contribution in [1.82, 2.24) is 10.2 Å². The lowest BCUT2D eigenvalue weighted by molar-refractivity contribution is 0.233. The van der Waals surface area contributed by atoms with E-state index in [1.54, 1.807) is 6.07 Å². The maximum atomic E-state index is 11.6. The molecule has 19 heavy (non-hydrogen) atoms. The molecule has 1 aromatic carbocycles. The largest absolute Gasteiger partial charge is 0.423 e. The van der Waals surface area contributed by atoms with Crippen LogP contribution in [-0.4, -0.2) is 31.1 Å². The van der Waals surface area contributed by atoms with E-state index in [2.05, 4.69) is 23.2 Å². The molecular weight excluding hydrogens is 240 g/mol. The first kappa shape index (κ1) is 12.4. The van der Waals surface area contributed by atoms with Crippen molar-refractivity contribution in [2.24, 2.45) is 0 Å². The highest BCUT2D eigenvalue weighted by Gasteiger charge is 2.13. The van der Waals surface area contributed by atoms with Crippen molar-refractivity contribution in [3.8, 4) is 0 Å². The number of aryl methyl sites for hydroxylation is 1. The summed E-state index contributed by atoms with van der Waals surface area (Å²) in [5, 5.41) is 4.39. The lowest BCUT2D eigenvalue weighted by Gasteiger charge is -2.27. The Labute approximate surface area is 112 Å². The minimum atomic E-state index is -0.263. The van der Waals surface area contributed by atoms with Crippen molar-refractivity contribution in [3.05, 3.63) is 45.8 Å². The van der Waals surface area contributed by atoms with Crippen molar-refractivity contribution < 1.29 is 4.42 Å². The Morgan fingerprint density at radius 2 is 2.05 bits per heavy atom. The van der Waals surface area contributed by atoms with Gasteiger partial charge in [0.05, 0.1) is 0 Å². The molecule has 100 valence electrons. The lowest BCUT2D eigenvalue weighted by Crippen LogP contribution is -2.43. The molecule has 0 unspecified atom stereocenters. The predicted molar refractivity (Wildman–Crippen MR) is 75.4 cm³/mol. The molecule has 0 aliphatic carbocycles. The van der Waals surface area contributed by atoms with Gasteiger partial charge in [-0.25, -0.2) is 4.79 Å². The Morgan fingerprint density at radius 1 is 1.26 bits per heavy atom. The minimum absolute atomic E-state index is 0.263. The van der Waals surface area contributed by atoms with Crippen LogP contribution in [0.4, 0.5) is 0 Å². The summed E-state index contributed by atoms with van der Waals surface area (Å²) in [6.07, 6.45) is 0. The van der Waals surface area contributed by atoms with Gasteiger partial charge in [0.2, 0.25) is 0 Å². The van der Waals surface area contributed by atoms with E-state index in [-0.39, 0.29) is 5.63 Å². The standard InChI is InChI=1S/C15H18N2O2/c1-11-2-3-14-13(8-11)12(9-15(18)19-14)10-17-6-4-16-5-7-17/h2-3,8-9,16H,4-7,10H2,1H3. The van der Waals surface area contributed by atoms with Gasteiger partial charge in [-0.15, -0.1) is 0 Å². The Bertz CT molecular complexity index is 642. The predicted octanol–water partition coefficient (Wildman–Crippen LogP) is 1.51. The Morgan fingerprint density at radius 3 is 2.84 bits per heavy atom. The van der Waals surface area contributed by atoms with Gasteiger partial charge < -0.3 is 9.73 Å². The fourth-order valence-corrected chi connectivity index (χ4v) is 2.58. The quantitative estimate of drug-likeness (QED) is 0.829. The zero-order chi connectivity index (χ0) is 13.2. The molecule has 0 radical (unpaired) electrons. The van der Waals surface area contributed by atoms with E-state index in [1.807, 2.05) is 12.1 Å². The SMILES string of the molecule is Cc1ccc2oc(=O)cc(CN3CCNCC3)c2c1. The average Bonchev–Trinajstić information content (AvgIpc) is 2.41. The molecule has 1 aromatic heterocycles. The van der Waals surface area contributed by atoms with Gasteiger partial charge in [0, 0.05) is 44.2 Å². The van der Waals surface area contributed by atoms with E-state index >= 15 is 0 Å². The second kappa shape index (κ2) is 5.15. The second-order valence-corrected chi connectivity index (χ2v) is 5.12. The first-order chi connectivity index (χ1) is 9.22. The minimum Gasteiger partial charge on any atom is -0.423 e. The molecule has 0 spiro atoms. The number of rotatable bonds is 2. The number of nitrogens with one attached hydrogen (secondary N) is 1. The lowest BCUT2D eigenvalue weighted by atomic mass is 10.1. The third kappa shape index (κ3) is 2.69. The van der Waals surface area contributed by atoms with E-state index < -0.39 is 0 Å². The summed E-state index contributed by atoms with van der Waals surface area (Å²) in [5.74, 6) is 0. The smallest absolute Gasteiger partial charge is 0.336 e. The zero-order valence-electron chi connectivity index (χ0n) is 11.1. The summed E-state index contributed by atoms with van der Waals surface area (Å²) < 4.78 is 5.26. The first-order valence-corrected chi connectivity index (χ1v) is 6.69. The van der Waals surface area contributed by atoms with Crippen molar-refractivity contribution >= 4 is 11.0 Å². The summed E-state index contributed by atoms with van der Waals surface area (Å²) in [6.45, 7) is 6.93. The highest BCUT2D eigenvalue weighted by atomic mass is 16.4. The second-order valence-electron chi connectivity index (χ2n) is 5.12. The van der Waals surface area contributed by atoms with Crippen LogP contribution in [0, 0.1) is 6.92 Å². The van der Waals surface area contributed by atoms with Crippen LogP contribution in [-0.2, 0) is 6.54 Å². The summed E-state index contributed by atoms with van der Waals surface area (Å²) in [6, 6.07) is 7.58. The van der Waals surface area contributed by atoms with Crippen LogP contribution >= 0.6 is 0 Å². The van der Waals surface area contributed by atoms with Gasteiger partial charge in [0.25, 0.3) is 0 Å². The van der Waals surface area contributed by atoms with Gasteiger partial charge in [0.1, 0.15) is 5.58 Å². The molecule has 1 aliphatic rings. The molecule has 0 bridgehead atoms. The summed E-state index contributed by atoms with van der Waals surface area (Å²) in [4.78, 5) is 14.0. The van der Waals surface area contributed by atoms with Gasteiger partial charge >= 0.3 is 5.63 Å². The normalized spacial score (nSPS) is 16.9. The van der Waals surface area contributed by atoms with E-state index in [0.29, 0.717) is 5.58 Å². The van der Waals surface area contributed by atoms with E-state index in [1.165, 1.54) is 5.56 Å². The van der Waals surface area contributed by atoms with Gasteiger partial charge in [-0.05, 0) is 24.6 Å². The molecular formula is C15H18N2O2. The zero-order valence-corrected chi connectivity index (χ0v) is 11.1. The number of hydrogen-bond acceptors (Lipinski definition) is 4. The van der Waals surface area contributed by atoms with Crippen LogP contribution in [0.15, 0.2) is 33.5 Å². The van der Waals surface area contributed by atoms with Crippen molar-refractivity contribution in [3.63, 3.8) is 0 Å². The molecule has 3 rings (SSSR count). The van der Waals surface area contributed by atoms with Gasteiger partial charge in [-0.2, -0.15) is 0 Å². The van der Waals surface area contributed by atoms with Crippen LogP contribution in [0.1, 0.15) is 11.1 Å². The number of hydrogen-bond donors (Lipinski definition) is 1. The van der Waals surface area contributed by atoms with Crippen molar-refractivity contribution in [2.45, 2.75) is 13.5 Å². The molecule has 1 aliphatic heterocycles. The monoisotopic (exact) mass is 258 g/mol. The van der Waals surface area contributed by atoms with E-state index in [9.17, 15) is 4.79 Å². The highest BCUT2D eigenvalue weighted by molar-refractivity contribution is 5.80. The average molecular weight is 258 g/mol. The molecule has 2 aromatic rings. The van der Waals surface area contributed by atoms with Crippen LogP contribution in [0.2, 0.25) is 0 Å². The number of benzene rings is 1. The number of nitrogens with zero attached hydrogens (tertiary/aromatic N) is 1. The highest BCUT2D eigenvalue weighted by Crippen LogP contribution is 2.20. The molecule has 1 fully saturated rings. The number of fused-ring (bicyclic) bond motifs is 1. The van der Waals surface area contributed by atoms with Gasteiger partial charge in [-0.1, -0.05) is 11.6 Å². The van der Waals surface area contributed by atoms with Crippen LogP contribution in [0.5, 0.6) is 0 Å². The fourth-order valence-electron chi connectivity index (χ4n) is 2.58. The summed E-state index contributed by atoms with van der Waals surface area (Å²) in [7, 11) is 0. The van der Waals surface area contributed by atoms with E-state index in [0.717, 1.165) is 43.7 Å². The topological polar surface area (TPSA) is 45.5 Å². The third-order valence-electron chi connectivity index (χ3n) is 3.59. The molecule has 1 N–H and O–H groups in total. The molecule has 4 heteroatoms. The molecule has 1 saturated heterocycles. The van der Waals surface area contributed by atoms with Gasteiger partial charge in [-0.3, -0.25) is 4.90 Å². The van der Waals surface area contributed by atoms with Crippen LogP contribution in [0.25, 0.3) is 11.0 Å². The maximum absolute atomic E-state index is 11.6. The van der Waals surface area contributed by atoms with E-state index in [4.69, 9.17) is 4.42 Å². The fraction of sp³-hybridized carbons (Fsp3) is 0.400. The van der Waals surface area contributed by atoms with Gasteiger partial charge in [0.15, 0.2) is 0 Å². The first-order valence-electron chi connectivity index (χ1n) is 6.69. The third-order valence-corrected chi connectivity index (χ3v) is 3.59. The maximum Gasteiger partial charge on any atom is 0.336 e. The Balaban J connectivity index is 2.00.